The second kappa shape index (κ2) is 9.52. The highest BCUT2D eigenvalue weighted by atomic mass is 35.5. The molecule has 0 N–H and O–H groups in total. The Morgan fingerprint density at radius 3 is 2.48 bits per heavy atom. The molecule has 0 saturated heterocycles. The molecule has 1 heterocycles. The third-order valence-corrected chi connectivity index (χ3v) is 5.49. The van der Waals surface area contributed by atoms with Gasteiger partial charge in [-0.3, -0.25) is 4.98 Å². The van der Waals surface area contributed by atoms with Crippen LogP contribution >= 0.6 is 23.2 Å². The average Bonchev–Trinajstić information content (AvgIpc) is 3.17. The summed E-state index contributed by atoms with van der Waals surface area (Å²) < 4.78 is 11.7. The maximum Gasteiger partial charge on any atom is 0.163 e. The third kappa shape index (κ3) is 4.99. The van der Waals surface area contributed by atoms with E-state index in [1.807, 2.05) is 18.2 Å². The second-order valence-corrected chi connectivity index (χ2v) is 7.53. The summed E-state index contributed by atoms with van der Waals surface area (Å²) in [4.78, 5) is 6.23. The van der Waals surface area contributed by atoms with Gasteiger partial charge in [-0.25, -0.2) is 0 Å². The Bertz CT molecular complexity index is 744. The lowest BCUT2D eigenvalue weighted by Crippen LogP contribution is -2.24. The van der Waals surface area contributed by atoms with E-state index >= 15 is 0 Å². The van der Waals surface area contributed by atoms with Gasteiger partial charge in [0.05, 0.1) is 23.3 Å². The zero-order valence-electron chi connectivity index (χ0n) is 15.6. The lowest BCUT2D eigenvalue weighted by molar-refractivity contribution is 0.201. The molecule has 1 aromatic heterocycles. The van der Waals surface area contributed by atoms with Crippen LogP contribution in [-0.2, 0) is 6.54 Å². The zero-order valence-corrected chi connectivity index (χ0v) is 17.1. The molecule has 0 atom stereocenters. The van der Waals surface area contributed by atoms with Gasteiger partial charge in [0.25, 0.3) is 0 Å². The highest BCUT2D eigenvalue weighted by Crippen LogP contribution is 2.36. The standard InChI is InChI=1S/C21H25Cl2N2O2/c1-3-10-25(14-17-18(22)12-24-13-19(17)23)15-8-9-20(26-2)21(11-15)27-16-6-4-5-7-16/h8-9,11-13,16H,1,3-7,10,14H2,2H3. The highest BCUT2D eigenvalue weighted by Gasteiger charge is 2.20. The first kappa shape index (κ1) is 20.1. The fourth-order valence-corrected chi connectivity index (χ4v) is 3.89. The minimum atomic E-state index is 0.263. The Morgan fingerprint density at radius 2 is 1.85 bits per heavy atom. The van der Waals surface area contributed by atoms with Crippen LogP contribution in [0.1, 0.15) is 37.7 Å². The Kier molecular flexibility index (Phi) is 7.08. The summed E-state index contributed by atoms with van der Waals surface area (Å²) >= 11 is 12.6. The SMILES string of the molecule is [CH2]CCN(Cc1c(Cl)cncc1Cl)c1ccc(OC)c(OC2CCCC2)c1. The van der Waals surface area contributed by atoms with Crippen LogP contribution in [0.5, 0.6) is 11.5 Å². The van der Waals surface area contributed by atoms with Crippen LogP contribution in [0.3, 0.4) is 0 Å². The van der Waals surface area contributed by atoms with Crippen molar-refractivity contribution in [3.05, 3.63) is 53.1 Å². The third-order valence-electron chi connectivity index (χ3n) is 4.84. The molecule has 1 radical (unpaired) electrons. The Morgan fingerprint density at radius 1 is 1.15 bits per heavy atom. The van der Waals surface area contributed by atoms with E-state index in [0.29, 0.717) is 16.6 Å². The summed E-state index contributed by atoms with van der Waals surface area (Å²) in [7, 11) is 1.67. The van der Waals surface area contributed by atoms with Gasteiger partial charge in [0, 0.05) is 42.8 Å². The maximum atomic E-state index is 6.32. The molecule has 1 fully saturated rings. The van der Waals surface area contributed by atoms with Crippen molar-refractivity contribution in [3.63, 3.8) is 0 Å². The van der Waals surface area contributed by atoms with Crippen molar-refractivity contribution >= 4 is 28.9 Å². The van der Waals surface area contributed by atoms with Crippen LogP contribution < -0.4 is 14.4 Å². The monoisotopic (exact) mass is 407 g/mol. The van der Waals surface area contributed by atoms with Crippen LogP contribution in [0.15, 0.2) is 30.6 Å². The molecule has 2 aromatic rings. The van der Waals surface area contributed by atoms with Crippen LogP contribution in [0.4, 0.5) is 5.69 Å². The molecule has 3 rings (SSSR count). The van der Waals surface area contributed by atoms with Gasteiger partial charge in [-0.1, -0.05) is 30.1 Å². The van der Waals surface area contributed by atoms with Gasteiger partial charge in [0.1, 0.15) is 0 Å². The van der Waals surface area contributed by atoms with Crippen LogP contribution in [0.2, 0.25) is 10.0 Å². The summed E-state index contributed by atoms with van der Waals surface area (Å²) in [6.07, 6.45) is 8.89. The quantitative estimate of drug-likeness (QED) is 0.541. The van der Waals surface area contributed by atoms with E-state index < -0.39 is 0 Å². The molecule has 0 unspecified atom stereocenters. The van der Waals surface area contributed by atoms with E-state index in [-0.39, 0.29) is 6.10 Å². The molecular weight excluding hydrogens is 383 g/mol. The summed E-state index contributed by atoms with van der Waals surface area (Å²) in [5.41, 5.74) is 1.88. The van der Waals surface area contributed by atoms with E-state index in [4.69, 9.17) is 32.7 Å². The van der Waals surface area contributed by atoms with Gasteiger partial charge in [-0.05, 0) is 44.2 Å². The van der Waals surface area contributed by atoms with Gasteiger partial charge >= 0.3 is 0 Å². The molecule has 1 aromatic carbocycles. The minimum absolute atomic E-state index is 0.263. The number of nitrogens with zero attached hydrogens (tertiary/aromatic N) is 2. The minimum Gasteiger partial charge on any atom is -0.493 e. The predicted octanol–water partition coefficient (Wildman–Crippen LogP) is 5.95. The first-order valence-corrected chi connectivity index (χ1v) is 10.0. The first-order chi connectivity index (χ1) is 13.1. The first-order valence-electron chi connectivity index (χ1n) is 9.29. The molecule has 1 aliphatic carbocycles. The number of methoxy groups -OCH3 is 1. The molecule has 6 heteroatoms. The summed E-state index contributed by atoms with van der Waals surface area (Å²) in [5.74, 6) is 1.53. The van der Waals surface area contributed by atoms with Crippen LogP contribution in [0.25, 0.3) is 0 Å². The van der Waals surface area contributed by atoms with Crippen molar-refractivity contribution < 1.29 is 9.47 Å². The number of rotatable bonds is 8. The number of hydrogen-bond donors (Lipinski definition) is 0. The molecule has 1 saturated carbocycles. The van der Waals surface area contributed by atoms with Crippen molar-refractivity contribution in [2.24, 2.45) is 0 Å². The summed E-state index contributed by atoms with van der Waals surface area (Å²) in [6, 6.07) is 6.01. The smallest absolute Gasteiger partial charge is 0.163 e. The van der Waals surface area contributed by atoms with Crippen molar-refractivity contribution in [1.82, 2.24) is 4.98 Å². The van der Waals surface area contributed by atoms with Gasteiger partial charge in [-0.2, -0.15) is 0 Å². The largest absolute Gasteiger partial charge is 0.493 e. The van der Waals surface area contributed by atoms with Crippen LogP contribution in [-0.4, -0.2) is 24.7 Å². The van der Waals surface area contributed by atoms with Crippen LogP contribution in [0, 0.1) is 6.92 Å². The second-order valence-electron chi connectivity index (χ2n) is 6.72. The van der Waals surface area contributed by atoms with E-state index in [1.54, 1.807) is 19.5 Å². The van der Waals surface area contributed by atoms with Crippen molar-refractivity contribution in [3.8, 4) is 11.5 Å². The van der Waals surface area contributed by atoms with Gasteiger partial charge in [-0.15, -0.1) is 0 Å². The molecule has 0 aliphatic heterocycles. The summed E-state index contributed by atoms with van der Waals surface area (Å²) in [6.45, 7) is 5.34. The molecule has 4 nitrogen and oxygen atoms in total. The van der Waals surface area contributed by atoms with E-state index in [9.17, 15) is 0 Å². The average molecular weight is 408 g/mol. The number of benzene rings is 1. The van der Waals surface area contributed by atoms with Gasteiger partial charge < -0.3 is 14.4 Å². The number of halogens is 2. The fraction of sp³-hybridized carbons (Fsp3) is 0.429. The number of hydrogen-bond acceptors (Lipinski definition) is 4. The molecule has 0 bridgehead atoms. The number of aromatic nitrogens is 1. The van der Waals surface area contributed by atoms with Crippen molar-refractivity contribution in [2.75, 3.05) is 18.6 Å². The summed E-state index contributed by atoms with van der Waals surface area (Å²) in [5, 5.41) is 1.13. The zero-order chi connectivity index (χ0) is 19.2. The fourth-order valence-electron chi connectivity index (χ4n) is 3.41. The normalized spacial score (nSPS) is 14.4. The van der Waals surface area contributed by atoms with E-state index in [2.05, 4.69) is 16.8 Å². The number of ether oxygens (including phenoxy) is 2. The molecule has 1 aliphatic rings. The molecule has 0 spiro atoms. The Hall–Kier alpha value is -1.65. The van der Waals surface area contributed by atoms with Crippen molar-refractivity contribution in [1.29, 1.82) is 0 Å². The number of anilines is 1. The van der Waals surface area contributed by atoms with Gasteiger partial charge in [0.2, 0.25) is 0 Å². The lowest BCUT2D eigenvalue weighted by Gasteiger charge is -2.27. The lowest BCUT2D eigenvalue weighted by atomic mass is 10.2. The predicted molar refractivity (Wildman–Crippen MR) is 111 cm³/mol. The maximum absolute atomic E-state index is 6.32. The number of pyridine rings is 1. The highest BCUT2D eigenvalue weighted by molar-refractivity contribution is 6.35. The molecular formula is C21H25Cl2N2O2. The Balaban J connectivity index is 1.88. The van der Waals surface area contributed by atoms with Gasteiger partial charge in [0.15, 0.2) is 11.5 Å². The topological polar surface area (TPSA) is 34.6 Å². The van der Waals surface area contributed by atoms with E-state index in [1.165, 1.54) is 12.8 Å². The van der Waals surface area contributed by atoms with Crippen molar-refractivity contribution in [2.45, 2.75) is 44.8 Å². The molecule has 0 amide bonds. The Labute approximate surface area is 171 Å². The van der Waals surface area contributed by atoms with E-state index in [0.717, 1.165) is 48.6 Å². The molecule has 27 heavy (non-hydrogen) atoms. The molecule has 145 valence electrons.